The van der Waals surface area contributed by atoms with Crippen LogP contribution in [0.4, 0.5) is 11.4 Å². The minimum Gasteiger partial charge on any atom is -0.464 e. The van der Waals surface area contributed by atoms with Gasteiger partial charge in [-0.25, -0.2) is 0 Å². The molecule has 0 saturated carbocycles. The molecule has 2 atom stereocenters. The molecule has 0 amide bonds. The molecule has 0 spiro atoms. The number of aryl methyl sites for hydroxylation is 1. The second-order valence-electron chi connectivity index (χ2n) is 7.64. The number of ketones is 1. The van der Waals surface area contributed by atoms with E-state index in [0.717, 1.165) is 46.1 Å². The topological polar surface area (TPSA) is 54.3 Å². The van der Waals surface area contributed by atoms with Crippen LogP contribution < -0.4 is 10.6 Å². The van der Waals surface area contributed by atoms with Crippen LogP contribution in [0.1, 0.15) is 41.9 Å². The Morgan fingerprint density at radius 3 is 2.48 bits per heavy atom. The summed E-state index contributed by atoms with van der Waals surface area (Å²) in [6, 6.07) is 19.3. The first-order chi connectivity index (χ1) is 14.1. The third-order valence-corrected chi connectivity index (χ3v) is 6.04. The highest BCUT2D eigenvalue weighted by Gasteiger charge is 2.37. The number of hydrogen-bond donors (Lipinski definition) is 2. The lowest BCUT2D eigenvalue weighted by atomic mass is 9.79. The first kappa shape index (κ1) is 18.1. The zero-order valence-electron chi connectivity index (χ0n) is 16.0. The molecule has 29 heavy (non-hydrogen) atoms. The fraction of sp³-hybridized carbons (Fsp3) is 0.208. The van der Waals surface area contributed by atoms with Crippen LogP contribution in [0, 0.1) is 6.92 Å². The molecule has 2 heterocycles. The molecule has 5 heteroatoms. The number of carbonyl (C=O) groups is 1. The van der Waals surface area contributed by atoms with Crippen molar-refractivity contribution in [1.29, 1.82) is 0 Å². The normalized spacial score (nSPS) is 21.0. The number of allylic oxidation sites excluding steroid dienone is 1. The Kier molecular flexibility index (Phi) is 4.44. The van der Waals surface area contributed by atoms with Gasteiger partial charge in [-0.1, -0.05) is 41.9 Å². The van der Waals surface area contributed by atoms with Crippen molar-refractivity contribution in [2.45, 2.75) is 31.7 Å². The average Bonchev–Trinajstić information content (AvgIpc) is 3.06. The number of para-hydroxylation sites is 2. The summed E-state index contributed by atoms with van der Waals surface area (Å²) in [5.41, 5.74) is 4.61. The van der Waals surface area contributed by atoms with Crippen LogP contribution in [0.3, 0.4) is 0 Å². The van der Waals surface area contributed by atoms with E-state index in [0.29, 0.717) is 11.4 Å². The molecule has 2 aliphatic rings. The van der Waals surface area contributed by atoms with E-state index in [1.165, 1.54) is 0 Å². The summed E-state index contributed by atoms with van der Waals surface area (Å²) in [7, 11) is 0. The lowest BCUT2D eigenvalue weighted by molar-refractivity contribution is -0.116. The van der Waals surface area contributed by atoms with Crippen LogP contribution in [-0.4, -0.2) is 5.78 Å². The molecular formula is C24H21ClN2O2. The first-order valence-electron chi connectivity index (χ1n) is 9.80. The van der Waals surface area contributed by atoms with E-state index < -0.39 is 0 Å². The lowest BCUT2D eigenvalue weighted by Crippen LogP contribution is -2.26. The zero-order chi connectivity index (χ0) is 20.0. The molecule has 3 aromatic rings. The van der Waals surface area contributed by atoms with Gasteiger partial charge in [0.05, 0.1) is 11.4 Å². The number of furan rings is 1. The molecule has 5 rings (SSSR count). The Labute approximate surface area is 174 Å². The molecule has 0 saturated heterocycles. The molecule has 0 fully saturated rings. The van der Waals surface area contributed by atoms with Gasteiger partial charge in [0.25, 0.3) is 0 Å². The van der Waals surface area contributed by atoms with Crippen molar-refractivity contribution in [2.75, 3.05) is 10.6 Å². The van der Waals surface area contributed by atoms with Crippen LogP contribution in [0.2, 0.25) is 5.02 Å². The molecule has 4 nitrogen and oxygen atoms in total. The van der Waals surface area contributed by atoms with Crippen molar-refractivity contribution in [1.82, 2.24) is 0 Å². The van der Waals surface area contributed by atoms with Crippen LogP contribution in [0.5, 0.6) is 0 Å². The van der Waals surface area contributed by atoms with Gasteiger partial charge in [0, 0.05) is 22.7 Å². The Balaban J connectivity index is 1.62. The molecule has 0 unspecified atom stereocenters. The Morgan fingerprint density at radius 2 is 1.72 bits per heavy atom. The molecule has 1 aromatic heterocycles. The van der Waals surface area contributed by atoms with Crippen molar-refractivity contribution >= 4 is 28.8 Å². The summed E-state index contributed by atoms with van der Waals surface area (Å²) in [5.74, 6) is 1.74. The summed E-state index contributed by atoms with van der Waals surface area (Å²) < 4.78 is 5.92. The van der Waals surface area contributed by atoms with Crippen molar-refractivity contribution in [3.05, 3.63) is 94.0 Å². The highest BCUT2D eigenvalue weighted by Crippen LogP contribution is 2.45. The van der Waals surface area contributed by atoms with Gasteiger partial charge in [-0.15, -0.1) is 0 Å². The van der Waals surface area contributed by atoms with Crippen molar-refractivity contribution < 1.29 is 9.21 Å². The van der Waals surface area contributed by atoms with Gasteiger partial charge < -0.3 is 15.1 Å². The molecule has 1 aliphatic heterocycles. The molecule has 0 bridgehead atoms. The monoisotopic (exact) mass is 404 g/mol. The van der Waals surface area contributed by atoms with Crippen molar-refractivity contribution in [3.63, 3.8) is 0 Å². The number of carbonyl (C=O) groups excluding carboxylic acids is 1. The fourth-order valence-corrected chi connectivity index (χ4v) is 4.63. The number of Topliss-reactive ketones (excluding diaryl/α,β-unsaturated/α-hetero) is 1. The van der Waals surface area contributed by atoms with E-state index in [1.54, 1.807) is 0 Å². The third kappa shape index (κ3) is 3.23. The van der Waals surface area contributed by atoms with Crippen LogP contribution in [-0.2, 0) is 4.79 Å². The molecule has 2 N–H and O–H groups in total. The van der Waals surface area contributed by atoms with Crippen molar-refractivity contribution in [2.24, 2.45) is 0 Å². The average molecular weight is 405 g/mol. The predicted octanol–water partition coefficient (Wildman–Crippen LogP) is 6.22. The second-order valence-corrected chi connectivity index (χ2v) is 8.05. The number of rotatable bonds is 2. The van der Waals surface area contributed by atoms with Gasteiger partial charge in [0.15, 0.2) is 5.78 Å². The Morgan fingerprint density at radius 1 is 0.966 bits per heavy atom. The maximum Gasteiger partial charge on any atom is 0.163 e. The molecular weight excluding hydrogens is 384 g/mol. The minimum absolute atomic E-state index is 0.0479. The quantitative estimate of drug-likeness (QED) is 0.532. The third-order valence-electron chi connectivity index (χ3n) is 5.70. The van der Waals surface area contributed by atoms with E-state index in [9.17, 15) is 4.79 Å². The maximum atomic E-state index is 13.4. The van der Waals surface area contributed by atoms with Crippen LogP contribution in [0.15, 0.2) is 76.4 Å². The van der Waals surface area contributed by atoms with E-state index in [-0.39, 0.29) is 17.7 Å². The molecule has 2 aromatic carbocycles. The number of halogens is 1. The van der Waals surface area contributed by atoms with Crippen molar-refractivity contribution in [3.8, 4) is 0 Å². The number of nitrogens with one attached hydrogen (secondary N) is 2. The molecule has 1 aliphatic carbocycles. The maximum absolute atomic E-state index is 13.4. The smallest absolute Gasteiger partial charge is 0.163 e. The van der Waals surface area contributed by atoms with Crippen LogP contribution >= 0.6 is 11.6 Å². The molecule has 146 valence electrons. The highest BCUT2D eigenvalue weighted by atomic mass is 35.5. The summed E-state index contributed by atoms with van der Waals surface area (Å²) in [4.78, 5) is 13.4. The number of benzene rings is 2. The summed E-state index contributed by atoms with van der Waals surface area (Å²) in [6.07, 6.45) is 1.15. The van der Waals surface area contributed by atoms with Gasteiger partial charge in [0.1, 0.15) is 17.6 Å². The largest absolute Gasteiger partial charge is 0.464 e. The van der Waals surface area contributed by atoms with E-state index >= 15 is 0 Å². The van der Waals surface area contributed by atoms with E-state index in [2.05, 4.69) is 10.6 Å². The SMILES string of the molecule is Cc1ccc([C@@H]2Nc3ccccc3NC3=C2C(=O)C[C@@H](c2ccccc2Cl)C3)o1. The lowest BCUT2D eigenvalue weighted by Gasteiger charge is -2.29. The van der Waals surface area contributed by atoms with Gasteiger partial charge in [-0.3, -0.25) is 4.79 Å². The summed E-state index contributed by atoms with van der Waals surface area (Å²) in [5, 5.41) is 7.76. The van der Waals surface area contributed by atoms with Crippen LogP contribution in [0.25, 0.3) is 0 Å². The van der Waals surface area contributed by atoms with Gasteiger partial charge in [-0.05, 0) is 55.2 Å². The van der Waals surface area contributed by atoms with E-state index in [1.807, 2.05) is 67.6 Å². The highest BCUT2D eigenvalue weighted by molar-refractivity contribution is 6.31. The molecule has 0 radical (unpaired) electrons. The summed E-state index contributed by atoms with van der Waals surface area (Å²) >= 11 is 6.45. The minimum atomic E-state index is -0.324. The Hall–Kier alpha value is -2.98. The second kappa shape index (κ2) is 7.12. The number of anilines is 2. The number of fused-ring (bicyclic) bond motifs is 1. The standard InChI is InChI=1S/C24H21ClN2O2/c1-14-10-11-22(29-14)24-23-20(26-18-8-4-5-9-19(18)27-24)12-15(13-21(23)28)16-6-2-3-7-17(16)25/h2-11,15,24,26-27H,12-13H2,1H3/t15-,24-/m0/s1. The van der Waals surface area contributed by atoms with Gasteiger partial charge in [0.2, 0.25) is 0 Å². The summed E-state index contributed by atoms with van der Waals surface area (Å²) in [6.45, 7) is 1.91. The van der Waals surface area contributed by atoms with E-state index in [4.69, 9.17) is 16.0 Å². The zero-order valence-corrected chi connectivity index (χ0v) is 16.8. The number of hydrogen-bond acceptors (Lipinski definition) is 4. The Bertz CT molecular complexity index is 1130. The first-order valence-corrected chi connectivity index (χ1v) is 10.2. The fourth-order valence-electron chi connectivity index (χ4n) is 4.34. The van der Waals surface area contributed by atoms with Gasteiger partial charge in [-0.2, -0.15) is 0 Å². The predicted molar refractivity (Wildman–Crippen MR) is 115 cm³/mol. The van der Waals surface area contributed by atoms with Gasteiger partial charge >= 0.3 is 0 Å².